The molecule has 1 unspecified atom stereocenters. The predicted molar refractivity (Wildman–Crippen MR) is 88.4 cm³/mol. The fourth-order valence-corrected chi connectivity index (χ4v) is 2.43. The molecule has 116 valence electrons. The number of carbonyl (C=O) groups is 1. The van der Waals surface area contributed by atoms with Gasteiger partial charge in [-0.2, -0.15) is 10.2 Å². The highest BCUT2D eigenvalue weighted by Crippen LogP contribution is 2.24. The SMILES string of the molecule is COc1ccc2cc(C(C)NC(=O)c3ccnnc3)ccc2c1. The van der Waals surface area contributed by atoms with Crippen molar-refractivity contribution in [3.05, 3.63) is 66.0 Å². The Balaban J connectivity index is 1.80. The standard InChI is InChI=1S/C18H17N3O2/c1-12(21-18(22)16-7-8-19-20-11-16)13-3-4-15-10-17(23-2)6-5-14(15)9-13/h3-12H,1-2H3,(H,21,22). The van der Waals surface area contributed by atoms with Gasteiger partial charge in [0.2, 0.25) is 0 Å². The van der Waals surface area contributed by atoms with Gasteiger partial charge >= 0.3 is 0 Å². The number of ether oxygens (including phenoxy) is 1. The molecule has 2 aromatic carbocycles. The van der Waals surface area contributed by atoms with Crippen LogP contribution in [0, 0.1) is 0 Å². The molecule has 5 nitrogen and oxygen atoms in total. The number of rotatable bonds is 4. The number of hydrogen-bond donors (Lipinski definition) is 1. The third kappa shape index (κ3) is 3.29. The first kappa shape index (κ1) is 15.0. The van der Waals surface area contributed by atoms with E-state index in [2.05, 4.69) is 21.6 Å². The van der Waals surface area contributed by atoms with E-state index in [-0.39, 0.29) is 11.9 Å². The highest BCUT2D eigenvalue weighted by Gasteiger charge is 2.12. The molecule has 1 heterocycles. The van der Waals surface area contributed by atoms with Crippen LogP contribution in [-0.4, -0.2) is 23.2 Å². The van der Waals surface area contributed by atoms with Gasteiger partial charge in [0.1, 0.15) is 5.75 Å². The molecule has 3 aromatic rings. The lowest BCUT2D eigenvalue weighted by Gasteiger charge is -2.15. The third-order valence-corrected chi connectivity index (χ3v) is 3.77. The minimum absolute atomic E-state index is 0.109. The molecule has 3 rings (SSSR count). The van der Waals surface area contributed by atoms with Crippen molar-refractivity contribution < 1.29 is 9.53 Å². The molecule has 1 aromatic heterocycles. The van der Waals surface area contributed by atoms with Gasteiger partial charge in [0.25, 0.3) is 5.91 Å². The largest absolute Gasteiger partial charge is 0.497 e. The lowest BCUT2D eigenvalue weighted by Crippen LogP contribution is -2.26. The maximum absolute atomic E-state index is 12.2. The summed E-state index contributed by atoms with van der Waals surface area (Å²) in [7, 11) is 1.65. The topological polar surface area (TPSA) is 64.1 Å². The molecular weight excluding hydrogens is 290 g/mol. The van der Waals surface area contributed by atoms with E-state index >= 15 is 0 Å². The first-order valence-corrected chi connectivity index (χ1v) is 7.32. The number of benzene rings is 2. The summed E-state index contributed by atoms with van der Waals surface area (Å²) >= 11 is 0. The average molecular weight is 307 g/mol. The van der Waals surface area contributed by atoms with Crippen LogP contribution < -0.4 is 10.1 Å². The normalized spacial score (nSPS) is 11.9. The Morgan fingerprint density at radius 1 is 1.09 bits per heavy atom. The maximum atomic E-state index is 12.2. The number of fused-ring (bicyclic) bond motifs is 1. The van der Waals surface area contributed by atoms with E-state index < -0.39 is 0 Å². The fraction of sp³-hybridized carbons (Fsp3) is 0.167. The predicted octanol–water partition coefficient (Wildman–Crippen LogP) is 3.13. The highest BCUT2D eigenvalue weighted by molar-refractivity contribution is 5.94. The number of carbonyl (C=O) groups excluding carboxylic acids is 1. The summed E-state index contributed by atoms with van der Waals surface area (Å²) in [5.74, 6) is 0.666. The van der Waals surface area contributed by atoms with E-state index in [1.54, 1.807) is 13.2 Å². The molecule has 0 aliphatic heterocycles. The summed E-state index contributed by atoms with van der Waals surface area (Å²) in [6, 6.07) is 13.6. The van der Waals surface area contributed by atoms with Crippen LogP contribution in [0.15, 0.2) is 54.9 Å². The van der Waals surface area contributed by atoms with Gasteiger partial charge in [-0.15, -0.1) is 0 Å². The Kier molecular flexibility index (Phi) is 4.19. The van der Waals surface area contributed by atoms with Crippen LogP contribution in [0.25, 0.3) is 10.8 Å². The summed E-state index contributed by atoms with van der Waals surface area (Å²) in [6.07, 6.45) is 2.96. The maximum Gasteiger partial charge on any atom is 0.253 e. The number of aromatic nitrogens is 2. The second-order valence-electron chi connectivity index (χ2n) is 5.30. The Morgan fingerprint density at radius 3 is 2.61 bits per heavy atom. The second kappa shape index (κ2) is 6.44. The fourth-order valence-electron chi connectivity index (χ4n) is 2.43. The van der Waals surface area contributed by atoms with Crippen LogP contribution in [0.4, 0.5) is 0 Å². The van der Waals surface area contributed by atoms with Crippen LogP contribution in [0.5, 0.6) is 5.75 Å². The van der Waals surface area contributed by atoms with Crippen molar-refractivity contribution >= 4 is 16.7 Å². The van der Waals surface area contributed by atoms with Crippen molar-refractivity contribution in [3.8, 4) is 5.75 Å². The zero-order valence-electron chi connectivity index (χ0n) is 13.0. The Hall–Kier alpha value is -2.95. The Labute approximate surface area is 134 Å². The van der Waals surface area contributed by atoms with Crippen molar-refractivity contribution in [1.29, 1.82) is 0 Å². The van der Waals surface area contributed by atoms with Crippen LogP contribution in [0.3, 0.4) is 0 Å². The Bertz CT molecular complexity index is 834. The summed E-state index contributed by atoms with van der Waals surface area (Å²) in [5.41, 5.74) is 1.54. The molecule has 1 amide bonds. The zero-order valence-corrected chi connectivity index (χ0v) is 13.0. The number of nitrogens with one attached hydrogen (secondary N) is 1. The number of nitrogens with zero attached hydrogens (tertiary/aromatic N) is 2. The number of amides is 1. The molecule has 0 saturated carbocycles. The number of methoxy groups -OCH3 is 1. The molecule has 0 bridgehead atoms. The van der Waals surface area contributed by atoms with E-state index in [1.807, 2.05) is 37.3 Å². The van der Waals surface area contributed by atoms with Crippen LogP contribution in [0.2, 0.25) is 0 Å². The summed E-state index contributed by atoms with van der Waals surface area (Å²) in [4.78, 5) is 12.2. The lowest BCUT2D eigenvalue weighted by molar-refractivity contribution is 0.0939. The van der Waals surface area contributed by atoms with Crippen LogP contribution >= 0.6 is 0 Å². The van der Waals surface area contributed by atoms with E-state index in [1.165, 1.54) is 12.4 Å². The number of hydrogen-bond acceptors (Lipinski definition) is 4. The molecular formula is C18H17N3O2. The molecule has 0 radical (unpaired) electrons. The van der Waals surface area contributed by atoms with E-state index in [4.69, 9.17) is 4.74 Å². The van der Waals surface area contributed by atoms with Gasteiger partial charge in [-0.05, 0) is 47.5 Å². The molecule has 23 heavy (non-hydrogen) atoms. The van der Waals surface area contributed by atoms with Crippen molar-refractivity contribution in [3.63, 3.8) is 0 Å². The molecule has 1 atom stereocenters. The Morgan fingerprint density at radius 2 is 1.87 bits per heavy atom. The van der Waals surface area contributed by atoms with Crippen molar-refractivity contribution in [2.45, 2.75) is 13.0 Å². The van der Waals surface area contributed by atoms with Gasteiger partial charge in [0, 0.05) is 0 Å². The van der Waals surface area contributed by atoms with E-state index in [0.29, 0.717) is 5.56 Å². The smallest absolute Gasteiger partial charge is 0.253 e. The average Bonchev–Trinajstić information content (AvgIpc) is 2.61. The van der Waals surface area contributed by atoms with Crippen molar-refractivity contribution in [1.82, 2.24) is 15.5 Å². The van der Waals surface area contributed by atoms with E-state index in [9.17, 15) is 4.79 Å². The molecule has 0 fully saturated rings. The summed E-state index contributed by atoms with van der Waals surface area (Å²) in [6.45, 7) is 1.96. The van der Waals surface area contributed by atoms with Gasteiger partial charge in [0.05, 0.1) is 31.1 Å². The first-order valence-electron chi connectivity index (χ1n) is 7.32. The van der Waals surface area contributed by atoms with Crippen LogP contribution in [0.1, 0.15) is 28.9 Å². The molecule has 0 spiro atoms. The lowest BCUT2D eigenvalue weighted by atomic mass is 10.0. The molecule has 1 N–H and O–H groups in total. The third-order valence-electron chi connectivity index (χ3n) is 3.77. The first-order chi connectivity index (χ1) is 11.2. The van der Waals surface area contributed by atoms with E-state index in [0.717, 1.165) is 22.1 Å². The second-order valence-corrected chi connectivity index (χ2v) is 5.30. The zero-order chi connectivity index (χ0) is 16.2. The minimum atomic E-state index is -0.165. The van der Waals surface area contributed by atoms with Crippen molar-refractivity contribution in [2.75, 3.05) is 7.11 Å². The quantitative estimate of drug-likeness (QED) is 0.804. The molecule has 0 aliphatic rings. The van der Waals surface area contributed by atoms with Gasteiger partial charge in [-0.1, -0.05) is 18.2 Å². The molecule has 0 aliphatic carbocycles. The highest BCUT2D eigenvalue weighted by atomic mass is 16.5. The van der Waals surface area contributed by atoms with Gasteiger partial charge < -0.3 is 10.1 Å². The summed E-state index contributed by atoms with van der Waals surface area (Å²) in [5, 5.41) is 12.6. The van der Waals surface area contributed by atoms with Crippen LogP contribution in [-0.2, 0) is 0 Å². The molecule has 0 saturated heterocycles. The summed E-state index contributed by atoms with van der Waals surface area (Å²) < 4.78 is 5.23. The van der Waals surface area contributed by atoms with Gasteiger partial charge in [-0.25, -0.2) is 0 Å². The van der Waals surface area contributed by atoms with Gasteiger partial charge in [-0.3, -0.25) is 4.79 Å². The van der Waals surface area contributed by atoms with Crippen molar-refractivity contribution in [2.24, 2.45) is 0 Å². The van der Waals surface area contributed by atoms with Gasteiger partial charge in [0.15, 0.2) is 0 Å². The monoisotopic (exact) mass is 307 g/mol. The molecule has 5 heteroatoms. The minimum Gasteiger partial charge on any atom is -0.497 e.